The molecule has 0 heteroatoms. The minimum absolute atomic E-state index is 0.413. The molecule has 1 rings (SSSR count). The van der Waals surface area contributed by atoms with E-state index in [1.807, 2.05) is 0 Å². The van der Waals surface area contributed by atoms with Crippen LogP contribution >= 0.6 is 0 Å². The summed E-state index contributed by atoms with van der Waals surface area (Å²) >= 11 is 0. The van der Waals surface area contributed by atoms with Crippen molar-refractivity contribution >= 4 is 0 Å². The van der Waals surface area contributed by atoms with Crippen LogP contribution < -0.4 is 0 Å². The van der Waals surface area contributed by atoms with E-state index in [-0.39, 0.29) is 0 Å². The van der Waals surface area contributed by atoms with E-state index in [1.165, 1.54) is 19.3 Å². The fourth-order valence-electron chi connectivity index (χ4n) is 2.76. The van der Waals surface area contributed by atoms with Gasteiger partial charge in [0.25, 0.3) is 0 Å². The van der Waals surface area contributed by atoms with Crippen LogP contribution in [-0.4, -0.2) is 0 Å². The first kappa shape index (κ1) is 10.8. The molecule has 0 radical (unpaired) electrons. The summed E-state index contributed by atoms with van der Waals surface area (Å²) in [5.41, 5.74) is 0.919. The molecule has 1 aliphatic rings. The van der Waals surface area contributed by atoms with Gasteiger partial charge in [-0.05, 0) is 36.0 Å². The molecule has 76 valence electrons. The van der Waals surface area contributed by atoms with Crippen molar-refractivity contribution in [1.82, 2.24) is 0 Å². The third-order valence-electron chi connectivity index (χ3n) is 3.02. The molecule has 0 aromatic heterocycles. The van der Waals surface area contributed by atoms with Crippen molar-refractivity contribution in [3.8, 4) is 0 Å². The van der Waals surface area contributed by atoms with Crippen LogP contribution in [0.4, 0.5) is 0 Å². The van der Waals surface area contributed by atoms with Gasteiger partial charge in [-0.3, -0.25) is 0 Å². The van der Waals surface area contributed by atoms with Crippen LogP contribution in [0.5, 0.6) is 0 Å². The van der Waals surface area contributed by atoms with E-state index in [1.54, 1.807) is 0 Å². The number of hydrogen-bond donors (Lipinski definition) is 0. The summed E-state index contributed by atoms with van der Waals surface area (Å²) in [6.45, 7) is 11.8. The monoisotopic (exact) mass is 180 g/mol. The van der Waals surface area contributed by atoms with Gasteiger partial charge in [-0.15, -0.1) is 0 Å². The van der Waals surface area contributed by atoms with Gasteiger partial charge in [0, 0.05) is 0 Å². The number of rotatable bonds is 0. The molecule has 0 aliphatic heterocycles. The molecule has 0 saturated heterocycles. The number of hydrogen-bond acceptors (Lipinski definition) is 0. The van der Waals surface area contributed by atoms with Crippen molar-refractivity contribution in [2.45, 2.75) is 53.9 Å². The van der Waals surface area contributed by atoms with Gasteiger partial charge in [-0.25, -0.2) is 0 Å². The van der Waals surface area contributed by atoms with Crippen LogP contribution in [-0.2, 0) is 0 Å². The second-order valence-electron chi connectivity index (χ2n) is 6.27. The Bertz CT molecular complexity index is 196. The summed E-state index contributed by atoms with van der Waals surface area (Å²) in [5, 5.41) is 0. The van der Waals surface area contributed by atoms with Gasteiger partial charge in [-0.2, -0.15) is 0 Å². The third-order valence-corrected chi connectivity index (χ3v) is 3.02. The van der Waals surface area contributed by atoms with Crippen molar-refractivity contribution in [3.05, 3.63) is 12.2 Å². The van der Waals surface area contributed by atoms with Gasteiger partial charge < -0.3 is 0 Å². The first-order valence-electron chi connectivity index (χ1n) is 5.48. The summed E-state index contributed by atoms with van der Waals surface area (Å²) in [7, 11) is 0. The molecule has 0 aromatic carbocycles. The van der Waals surface area contributed by atoms with Crippen LogP contribution in [0.3, 0.4) is 0 Å². The lowest BCUT2D eigenvalue weighted by Crippen LogP contribution is -2.22. The fourth-order valence-corrected chi connectivity index (χ4v) is 2.76. The average molecular weight is 180 g/mol. The Hall–Kier alpha value is -0.260. The van der Waals surface area contributed by atoms with E-state index in [0.29, 0.717) is 10.8 Å². The molecule has 0 N–H and O–H groups in total. The van der Waals surface area contributed by atoms with Gasteiger partial charge in [0.1, 0.15) is 0 Å². The fraction of sp³-hybridized carbons (Fsp3) is 0.846. The molecule has 0 saturated carbocycles. The maximum Gasteiger partial charge on any atom is -0.0172 e. The maximum absolute atomic E-state index is 2.41. The molecule has 0 heterocycles. The summed E-state index contributed by atoms with van der Waals surface area (Å²) in [5.74, 6) is 0.856. The molecule has 0 spiro atoms. The Balaban J connectivity index is 2.75. The molecule has 1 aliphatic carbocycles. The van der Waals surface area contributed by atoms with Crippen molar-refractivity contribution in [1.29, 1.82) is 0 Å². The normalized spacial score (nSPS) is 34.7. The second kappa shape index (κ2) is 3.48. The predicted molar refractivity (Wildman–Crippen MR) is 59.7 cm³/mol. The van der Waals surface area contributed by atoms with Crippen LogP contribution in [0.15, 0.2) is 12.2 Å². The second-order valence-corrected chi connectivity index (χ2v) is 6.27. The molecule has 1 unspecified atom stereocenters. The van der Waals surface area contributed by atoms with Gasteiger partial charge in [0.05, 0.1) is 0 Å². The highest BCUT2D eigenvalue weighted by molar-refractivity contribution is 5.00. The van der Waals surface area contributed by atoms with Crippen LogP contribution in [0.25, 0.3) is 0 Å². The molecule has 0 amide bonds. The van der Waals surface area contributed by atoms with Gasteiger partial charge >= 0.3 is 0 Å². The molecular formula is C13H24. The Morgan fingerprint density at radius 2 is 1.69 bits per heavy atom. The van der Waals surface area contributed by atoms with E-state index in [2.05, 4.69) is 46.8 Å². The van der Waals surface area contributed by atoms with Crippen molar-refractivity contribution in [3.63, 3.8) is 0 Å². The zero-order chi connectivity index (χ0) is 10.1. The maximum atomic E-state index is 2.41. The first-order valence-corrected chi connectivity index (χ1v) is 5.48. The zero-order valence-electron chi connectivity index (χ0n) is 9.85. The molecule has 0 aromatic rings. The largest absolute Gasteiger partial charge is 0.0875 e. The zero-order valence-corrected chi connectivity index (χ0v) is 9.85. The van der Waals surface area contributed by atoms with E-state index in [9.17, 15) is 0 Å². The smallest absolute Gasteiger partial charge is 0.0172 e. The average Bonchev–Trinajstić information content (AvgIpc) is 1.79. The van der Waals surface area contributed by atoms with Crippen molar-refractivity contribution < 1.29 is 0 Å². The Kier molecular flexibility index (Phi) is 2.89. The minimum atomic E-state index is 0.413. The van der Waals surface area contributed by atoms with Crippen LogP contribution in [0.1, 0.15) is 53.9 Å². The molecule has 1 atom stereocenters. The van der Waals surface area contributed by atoms with Crippen molar-refractivity contribution in [2.24, 2.45) is 16.7 Å². The van der Waals surface area contributed by atoms with E-state index >= 15 is 0 Å². The summed E-state index contributed by atoms with van der Waals surface area (Å²) < 4.78 is 0. The Morgan fingerprint density at radius 3 is 2.31 bits per heavy atom. The first-order chi connectivity index (χ1) is 5.81. The van der Waals surface area contributed by atoms with Crippen molar-refractivity contribution in [2.75, 3.05) is 0 Å². The standard InChI is InChI=1S/C13H24/c1-11-9-12(2,3)7-6-8-13(4,5)10-11/h6-7,11H,8-10H2,1-5H3/b7-6-. The molecule has 0 bridgehead atoms. The Morgan fingerprint density at radius 1 is 1.08 bits per heavy atom. The molecule has 13 heavy (non-hydrogen) atoms. The summed E-state index contributed by atoms with van der Waals surface area (Å²) in [6.07, 6.45) is 8.71. The quantitative estimate of drug-likeness (QED) is 0.484. The minimum Gasteiger partial charge on any atom is -0.0875 e. The van der Waals surface area contributed by atoms with E-state index < -0.39 is 0 Å². The number of allylic oxidation sites excluding steroid dienone is 2. The topological polar surface area (TPSA) is 0 Å². The summed E-state index contributed by atoms with van der Waals surface area (Å²) in [6, 6.07) is 0. The highest BCUT2D eigenvalue weighted by atomic mass is 14.3. The highest BCUT2D eigenvalue weighted by Gasteiger charge is 2.26. The van der Waals surface area contributed by atoms with Gasteiger partial charge in [-0.1, -0.05) is 46.8 Å². The lowest BCUT2D eigenvalue weighted by atomic mass is 9.72. The molecule has 0 nitrogen and oxygen atoms in total. The Labute approximate surface area is 83.4 Å². The van der Waals surface area contributed by atoms with Gasteiger partial charge in [0.2, 0.25) is 0 Å². The SMILES string of the molecule is CC1CC(C)(C)/C=C\CC(C)(C)C1. The molecule has 0 fully saturated rings. The van der Waals surface area contributed by atoms with Crippen LogP contribution in [0.2, 0.25) is 0 Å². The highest BCUT2D eigenvalue weighted by Crippen LogP contribution is 2.38. The molecular weight excluding hydrogens is 156 g/mol. The third kappa shape index (κ3) is 3.54. The lowest BCUT2D eigenvalue weighted by Gasteiger charge is -2.34. The van der Waals surface area contributed by atoms with Gasteiger partial charge in [0.15, 0.2) is 0 Å². The predicted octanol–water partition coefficient (Wildman–Crippen LogP) is 4.42. The van der Waals surface area contributed by atoms with Crippen LogP contribution in [0, 0.1) is 16.7 Å². The van der Waals surface area contributed by atoms with E-state index in [0.717, 1.165) is 5.92 Å². The van der Waals surface area contributed by atoms with E-state index in [4.69, 9.17) is 0 Å². The lowest BCUT2D eigenvalue weighted by molar-refractivity contribution is 0.223. The summed E-state index contributed by atoms with van der Waals surface area (Å²) in [4.78, 5) is 0.